The summed E-state index contributed by atoms with van der Waals surface area (Å²) in [6.45, 7) is 0. The van der Waals surface area contributed by atoms with Crippen LogP contribution in [0.5, 0.6) is 5.75 Å². The van der Waals surface area contributed by atoms with E-state index >= 15 is 0 Å². The number of hydrogen-bond acceptors (Lipinski definition) is 2. The molecule has 0 radical (unpaired) electrons. The van der Waals surface area contributed by atoms with E-state index < -0.39 is 0 Å². The number of phenolic OH excluding ortho intramolecular Hbond substituents is 1. The quantitative estimate of drug-likeness (QED) is 0.468. The molecule has 0 unspecified atom stereocenters. The maximum Gasteiger partial charge on any atom is 0.115 e. The standard InChI is InChI=1S/C13H9N.C6H6O/c1-3-7-12-10(5-1)9-11-6-2-4-8-13(11)14-12;7-6-4-2-1-3-5-6/h1-9H;1-5,7H. The van der Waals surface area contributed by atoms with Gasteiger partial charge in [-0.3, -0.25) is 0 Å². The molecule has 2 nitrogen and oxygen atoms in total. The molecule has 0 amide bonds. The van der Waals surface area contributed by atoms with Crippen LogP contribution < -0.4 is 0 Å². The minimum absolute atomic E-state index is 0.322. The lowest BCUT2D eigenvalue weighted by atomic mass is 10.1. The molecular weight excluding hydrogens is 258 g/mol. The summed E-state index contributed by atoms with van der Waals surface area (Å²) >= 11 is 0. The first-order valence-electron chi connectivity index (χ1n) is 6.81. The molecule has 21 heavy (non-hydrogen) atoms. The number of pyridine rings is 1. The van der Waals surface area contributed by atoms with Crippen molar-refractivity contribution in [1.82, 2.24) is 4.98 Å². The molecule has 0 aliphatic carbocycles. The van der Waals surface area contributed by atoms with E-state index in [1.54, 1.807) is 24.3 Å². The van der Waals surface area contributed by atoms with E-state index in [1.807, 2.05) is 42.5 Å². The van der Waals surface area contributed by atoms with Gasteiger partial charge in [0, 0.05) is 10.8 Å². The van der Waals surface area contributed by atoms with Crippen molar-refractivity contribution in [2.75, 3.05) is 0 Å². The van der Waals surface area contributed by atoms with Crippen molar-refractivity contribution in [2.24, 2.45) is 0 Å². The zero-order chi connectivity index (χ0) is 14.5. The Morgan fingerprint density at radius 2 is 1.05 bits per heavy atom. The molecule has 0 aliphatic heterocycles. The molecule has 102 valence electrons. The van der Waals surface area contributed by atoms with Crippen LogP contribution >= 0.6 is 0 Å². The Morgan fingerprint density at radius 1 is 0.571 bits per heavy atom. The number of para-hydroxylation sites is 3. The molecule has 0 bridgehead atoms. The van der Waals surface area contributed by atoms with Crippen LogP contribution in [0.15, 0.2) is 84.9 Å². The van der Waals surface area contributed by atoms with Gasteiger partial charge in [-0.15, -0.1) is 0 Å². The summed E-state index contributed by atoms with van der Waals surface area (Å²) in [5.41, 5.74) is 2.12. The van der Waals surface area contributed by atoms with Gasteiger partial charge in [0.25, 0.3) is 0 Å². The van der Waals surface area contributed by atoms with Gasteiger partial charge in [0.15, 0.2) is 0 Å². The third kappa shape index (κ3) is 3.18. The summed E-state index contributed by atoms with van der Waals surface area (Å²) in [6.07, 6.45) is 0. The van der Waals surface area contributed by atoms with E-state index in [2.05, 4.69) is 23.2 Å². The summed E-state index contributed by atoms with van der Waals surface area (Å²) in [5.74, 6) is 0.322. The summed E-state index contributed by atoms with van der Waals surface area (Å²) < 4.78 is 0. The van der Waals surface area contributed by atoms with E-state index in [0.29, 0.717) is 5.75 Å². The highest BCUT2D eigenvalue weighted by molar-refractivity contribution is 5.92. The Morgan fingerprint density at radius 3 is 1.52 bits per heavy atom. The Kier molecular flexibility index (Phi) is 3.79. The van der Waals surface area contributed by atoms with Gasteiger partial charge in [0.05, 0.1) is 11.0 Å². The molecule has 1 N–H and O–H groups in total. The summed E-state index contributed by atoms with van der Waals surface area (Å²) in [5, 5.41) is 11.0. The van der Waals surface area contributed by atoms with E-state index in [1.165, 1.54) is 10.8 Å². The van der Waals surface area contributed by atoms with Crippen LogP contribution in [-0.2, 0) is 0 Å². The maximum absolute atomic E-state index is 8.63. The van der Waals surface area contributed by atoms with Crippen molar-refractivity contribution in [3.8, 4) is 5.75 Å². The van der Waals surface area contributed by atoms with Crippen LogP contribution in [0.3, 0.4) is 0 Å². The number of phenols is 1. The zero-order valence-electron chi connectivity index (χ0n) is 11.5. The highest BCUT2D eigenvalue weighted by atomic mass is 16.3. The Labute approximate surface area is 123 Å². The summed E-state index contributed by atoms with van der Waals surface area (Å²) in [7, 11) is 0. The van der Waals surface area contributed by atoms with Gasteiger partial charge in [-0.2, -0.15) is 0 Å². The van der Waals surface area contributed by atoms with Crippen molar-refractivity contribution in [2.45, 2.75) is 0 Å². The second kappa shape index (κ2) is 6.06. The van der Waals surface area contributed by atoms with Gasteiger partial charge in [0.1, 0.15) is 5.75 Å². The highest BCUT2D eigenvalue weighted by Gasteiger charge is 1.96. The molecule has 4 aromatic rings. The molecule has 0 atom stereocenters. The van der Waals surface area contributed by atoms with E-state index in [9.17, 15) is 0 Å². The lowest BCUT2D eigenvalue weighted by Crippen LogP contribution is -1.80. The van der Waals surface area contributed by atoms with Crippen LogP contribution in [0.4, 0.5) is 0 Å². The Bertz CT molecular complexity index is 751. The fourth-order valence-corrected chi connectivity index (χ4v) is 2.15. The lowest BCUT2D eigenvalue weighted by molar-refractivity contribution is 0.475. The molecule has 0 fully saturated rings. The molecule has 0 saturated heterocycles. The number of aromatic hydroxyl groups is 1. The van der Waals surface area contributed by atoms with Crippen LogP contribution in [0.2, 0.25) is 0 Å². The number of aromatic nitrogens is 1. The van der Waals surface area contributed by atoms with Crippen LogP contribution in [0, 0.1) is 0 Å². The number of rotatable bonds is 0. The largest absolute Gasteiger partial charge is 0.508 e. The lowest BCUT2D eigenvalue weighted by Gasteiger charge is -1.99. The fraction of sp³-hybridized carbons (Fsp3) is 0. The molecule has 4 rings (SSSR count). The van der Waals surface area contributed by atoms with Gasteiger partial charge in [0.2, 0.25) is 0 Å². The third-order valence-corrected chi connectivity index (χ3v) is 3.18. The van der Waals surface area contributed by atoms with Gasteiger partial charge in [-0.05, 0) is 30.3 Å². The summed E-state index contributed by atoms with van der Waals surface area (Å²) in [6, 6.07) is 27.3. The second-order valence-corrected chi connectivity index (χ2v) is 4.71. The third-order valence-electron chi connectivity index (χ3n) is 3.18. The molecule has 1 heterocycles. The van der Waals surface area contributed by atoms with Crippen molar-refractivity contribution in [1.29, 1.82) is 0 Å². The zero-order valence-corrected chi connectivity index (χ0v) is 11.5. The molecule has 1 aromatic heterocycles. The van der Waals surface area contributed by atoms with Crippen LogP contribution in [0.1, 0.15) is 0 Å². The smallest absolute Gasteiger partial charge is 0.115 e. The Balaban J connectivity index is 0.000000160. The predicted molar refractivity (Wildman–Crippen MR) is 87.4 cm³/mol. The van der Waals surface area contributed by atoms with Crippen molar-refractivity contribution in [3.05, 3.63) is 84.9 Å². The average molecular weight is 273 g/mol. The minimum Gasteiger partial charge on any atom is -0.508 e. The van der Waals surface area contributed by atoms with E-state index in [-0.39, 0.29) is 0 Å². The molecular formula is C19H15NO. The van der Waals surface area contributed by atoms with Gasteiger partial charge < -0.3 is 5.11 Å². The van der Waals surface area contributed by atoms with Crippen molar-refractivity contribution < 1.29 is 5.11 Å². The fourth-order valence-electron chi connectivity index (χ4n) is 2.15. The first-order valence-corrected chi connectivity index (χ1v) is 6.81. The second-order valence-electron chi connectivity index (χ2n) is 4.71. The van der Waals surface area contributed by atoms with Crippen molar-refractivity contribution in [3.63, 3.8) is 0 Å². The average Bonchev–Trinajstić information content (AvgIpc) is 2.54. The van der Waals surface area contributed by atoms with E-state index in [0.717, 1.165) is 11.0 Å². The maximum atomic E-state index is 8.63. The monoisotopic (exact) mass is 273 g/mol. The first kappa shape index (κ1) is 13.1. The van der Waals surface area contributed by atoms with Gasteiger partial charge in [-0.1, -0.05) is 54.6 Å². The Hall–Kier alpha value is -2.87. The summed E-state index contributed by atoms with van der Waals surface area (Å²) in [4.78, 5) is 4.58. The molecule has 2 heteroatoms. The molecule has 3 aromatic carbocycles. The normalized spacial score (nSPS) is 10.1. The molecule has 0 saturated carbocycles. The number of fused-ring (bicyclic) bond motifs is 2. The topological polar surface area (TPSA) is 33.1 Å². The number of nitrogens with zero attached hydrogens (tertiary/aromatic N) is 1. The SMILES string of the molecule is Oc1ccccc1.c1ccc2nc3ccccc3cc2c1. The predicted octanol–water partition coefficient (Wildman–Crippen LogP) is 4.78. The van der Waals surface area contributed by atoms with Crippen LogP contribution in [0.25, 0.3) is 21.8 Å². The van der Waals surface area contributed by atoms with Crippen LogP contribution in [-0.4, -0.2) is 10.1 Å². The van der Waals surface area contributed by atoms with Gasteiger partial charge in [-0.25, -0.2) is 4.98 Å². The highest BCUT2D eigenvalue weighted by Crippen LogP contribution is 2.18. The first-order chi connectivity index (χ1) is 10.3. The van der Waals surface area contributed by atoms with E-state index in [4.69, 9.17) is 5.11 Å². The van der Waals surface area contributed by atoms with Crippen molar-refractivity contribution >= 4 is 21.8 Å². The minimum atomic E-state index is 0.322. The number of hydrogen-bond donors (Lipinski definition) is 1. The molecule has 0 spiro atoms. The number of benzene rings is 3. The van der Waals surface area contributed by atoms with Gasteiger partial charge >= 0.3 is 0 Å². The molecule has 0 aliphatic rings.